The van der Waals surface area contributed by atoms with Crippen LogP contribution in [-0.2, 0) is 11.3 Å². The molecule has 0 radical (unpaired) electrons. The van der Waals surface area contributed by atoms with Gasteiger partial charge in [-0.2, -0.15) is 0 Å². The number of hydrogen-bond donors (Lipinski definition) is 1. The molecule has 1 fully saturated rings. The zero-order valence-corrected chi connectivity index (χ0v) is 19.2. The first-order chi connectivity index (χ1) is 13.7. The van der Waals surface area contributed by atoms with Gasteiger partial charge in [0.05, 0.1) is 6.04 Å². The van der Waals surface area contributed by atoms with E-state index in [1.165, 1.54) is 22.3 Å². The molecule has 0 bridgehead atoms. The van der Waals surface area contributed by atoms with Crippen molar-refractivity contribution in [3.63, 3.8) is 0 Å². The number of benzene rings is 2. The number of carbonyl (C=O) groups excluding carboxylic acids is 1. The van der Waals surface area contributed by atoms with Crippen molar-refractivity contribution >= 4 is 29.1 Å². The predicted octanol–water partition coefficient (Wildman–Crippen LogP) is 6.01. The molecular weight excluding hydrogens is 403 g/mol. The van der Waals surface area contributed by atoms with Crippen LogP contribution in [0.25, 0.3) is 0 Å². The monoisotopic (exact) mass is 432 g/mol. The molecule has 1 saturated heterocycles. The standard InChI is InChI=1S/C24H30Cl2N2O/c1-15-11-17(3)22(12-16(15)2)18(4)27-24(29)19-7-9-28(10-8-19)14-20-5-6-21(25)13-23(20)26/h5-6,11-13,18-19H,7-10,14H2,1-4H3,(H,27,29)/t18-/m1/s1. The predicted molar refractivity (Wildman–Crippen MR) is 122 cm³/mol. The average Bonchev–Trinajstić information content (AvgIpc) is 2.67. The summed E-state index contributed by atoms with van der Waals surface area (Å²) in [5, 5.41) is 4.60. The topological polar surface area (TPSA) is 32.3 Å². The Morgan fingerprint density at radius 2 is 1.72 bits per heavy atom. The van der Waals surface area contributed by atoms with Gasteiger partial charge in [0.25, 0.3) is 0 Å². The van der Waals surface area contributed by atoms with Gasteiger partial charge in [-0.05, 0) is 93.6 Å². The zero-order valence-electron chi connectivity index (χ0n) is 17.7. The van der Waals surface area contributed by atoms with E-state index in [4.69, 9.17) is 23.2 Å². The molecule has 3 rings (SSSR count). The summed E-state index contributed by atoms with van der Waals surface area (Å²) in [6.45, 7) is 11.0. The molecule has 2 aromatic rings. The Labute approximate surface area is 184 Å². The number of carbonyl (C=O) groups is 1. The van der Waals surface area contributed by atoms with Crippen LogP contribution in [0, 0.1) is 26.7 Å². The highest BCUT2D eigenvalue weighted by molar-refractivity contribution is 6.35. The highest BCUT2D eigenvalue weighted by Crippen LogP contribution is 2.26. The molecule has 5 heteroatoms. The molecule has 1 heterocycles. The fourth-order valence-electron chi connectivity index (χ4n) is 4.10. The Balaban J connectivity index is 1.54. The molecule has 0 saturated carbocycles. The summed E-state index contributed by atoms with van der Waals surface area (Å²) in [5.74, 6) is 0.237. The lowest BCUT2D eigenvalue weighted by Gasteiger charge is -2.32. The van der Waals surface area contributed by atoms with Crippen molar-refractivity contribution < 1.29 is 4.79 Å². The number of nitrogens with zero attached hydrogens (tertiary/aromatic N) is 1. The molecule has 29 heavy (non-hydrogen) atoms. The highest BCUT2D eigenvalue weighted by atomic mass is 35.5. The lowest BCUT2D eigenvalue weighted by Crippen LogP contribution is -2.41. The molecule has 1 atom stereocenters. The van der Waals surface area contributed by atoms with Crippen molar-refractivity contribution in [3.05, 3.63) is 68.2 Å². The lowest BCUT2D eigenvalue weighted by atomic mass is 9.93. The minimum Gasteiger partial charge on any atom is -0.349 e. The Kier molecular flexibility index (Phi) is 7.26. The largest absolute Gasteiger partial charge is 0.349 e. The zero-order chi connectivity index (χ0) is 21.1. The van der Waals surface area contributed by atoms with Crippen LogP contribution < -0.4 is 5.32 Å². The molecule has 0 aromatic heterocycles. The van der Waals surface area contributed by atoms with Gasteiger partial charge in [0, 0.05) is 22.5 Å². The fraction of sp³-hybridized carbons (Fsp3) is 0.458. The van der Waals surface area contributed by atoms with E-state index in [0.717, 1.165) is 38.0 Å². The molecule has 1 N–H and O–H groups in total. The van der Waals surface area contributed by atoms with Gasteiger partial charge >= 0.3 is 0 Å². The first kappa shape index (κ1) is 22.1. The second-order valence-electron chi connectivity index (χ2n) is 8.31. The normalized spacial score (nSPS) is 16.6. The van der Waals surface area contributed by atoms with E-state index < -0.39 is 0 Å². The van der Waals surface area contributed by atoms with E-state index in [9.17, 15) is 4.79 Å². The van der Waals surface area contributed by atoms with Crippen molar-refractivity contribution in [2.24, 2.45) is 5.92 Å². The fourth-order valence-corrected chi connectivity index (χ4v) is 4.57. The maximum absolute atomic E-state index is 12.8. The van der Waals surface area contributed by atoms with E-state index in [1.54, 1.807) is 6.07 Å². The summed E-state index contributed by atoms with van der Waals surface area (Å²) < 4.78 is 0. The summed E-state index contributed by atoms with van der Waals surface area (Å²) in [5.41, 5.74) is 6.07. The summed E-state index contributed by atoms with van der Waals surface area (Å²) in [7, 11) is 0. The molecule has 156 valence electrons. The summed E-state index contributed by atoms with van der Waals surface area (Å²) >= 11 is 12.3. The third kappa shape index (κ3) is 5.53. The number of amides is 1. The Bertz CT molecular complexity index is 889. The average molecular weight is 433 g/mol. The van der Waals surface area contributed by atoms with Gasteiger partial charge in [0.2, 0.25) is 5.91 Å². The highest BCUT2D eigenvalue weighted by Gasteiger charge is 2.26. The molecule has 0 unspecified atom stereocenters. The first-order valence-electron chi connectivity index (χ1n) is 10.3. The van der Waals surface area contributed by atoms with Crippen LogP contribution in [0.4, 0.5) is 0 Å². The van der Waals surface area contributed by atoms with Gasteiger partial charge in [-0.1, -0.05) is 41.4 Å². The van der Waals surface area contributed by atoms with Gasteiger partial charge < -0.3 is 5.32 Å². The van der Waals surface area contributed by atoms with Gasteiger partial charge in [0.15, 0.2) is 0 Å². The minimum absolute atomic E-state index is 0.0210. The van der Waals surface area contributed by atoms with Gasteiger partial charge in [-0.3, -0.25) is 9.69 Å². The third-order valence-corrected chi connectivity index (χ3v) is 6.66. The molecule has 0 spiro atoms. The number of likely N-dealkylation sites (tertiary alicyclic amines) is 1. The van der Waals surface area contributed by atoms with Crippen molar-refractivity contribution in [3.8, 4) is 0 Å². The van der Waals surface area contributed by atoms with Crippen molar-refractivity contribution in [1.29, 1.82) is 0 Å². The van der Waals surface area contributed by atoms with Crippen LogP contribution >= 0.6 is 23.2 Å². The Hall–Kier alpha value is -1.55. The molecule has 2 aromatic carbocycles. The molecule has 1 amide bonds. The maximum atomic E-state index is 12.8. The van der Waals surface area contributed by atoms with Crippen LogP contribution in [0.1, 0.15) is 53.6 Å². The van der Waals surface area contributed by atoms with Crippen molar-refractivity contribution in [2.45, 2.75) is 53.1 Å². The maximum Gasteiger partial charge on any atom is 0.223 e. The second kappa shape index (κ2) is 9.51. The van der Waals surface area contributed by atoms with Gasteiger partial charge in [0.1, 0.15) is 0 Å². The smallest absolute Gasteiger partial charge is 0.223 e. The molecule has 3 nitrogen and oxygen atoms in total. The second-order valence-corrected chi connectivity index (χ2v) is 9.15. The lowest BCUT2D eigenvalue weighted by molar-refractivity contribution is -0.127. The van der Waals surface area contributed by atoms with E-state index in [0.29, 0.717) is 10.0 Å². The summed E-state index contributed by atoms with van der Waals surface area (Å²) in [4.78, 5) is 15.2. The third-order valence-electron chi connectivity index (χ3n) is 6.08. The number of rotatable bonds is 5. The number of piperidine rings is 1. The molecule has 1 aliphatic rings. The van der Waals surface area contributed by atoms with Gasteiger partial charge in [-0.25, -0.2) is 0 Å². The van der Waals surface area contributed by atoms with Crippen LogP contribution in [0.2, 0.25) is 10.0 Å². The molecule has 1 aliphatic heterocycles. The molecule has 0 aliphatic carbocycles. The summed E-state index contributed by atoms with van der Waals surface area (Å²) in [6.07, 6.45) is 1.74. The Morgan fingerprint density at radius 3 is 2.38 bits per heavy atom. The van der Waals surface area contributed by atoms with Crippen LogP contribution in [-0.4, -0.2) is 23.9 Å². The van der Waals surface area contributed by atoms with E-state index >= 15 is 0 Å². The van der Waals surface area contributed by atoms with E-state index in [1.807, 2.05) is 12.1 Å². The van der Waals surface area contributed by atoms with Crippen molar-refractivity contribution in [2.75, 3.05) is 13.1 Å². The van der Waals surface area contributed by atoms with Gasteiger partial charge in [-0.15, -0.1) is 0 Å². The van der Waals surface area contributed by atoms with E-state index in [2.05, 4.69) is 50.0 Å². The SMILES string of the molecule is Cc1cc(C)c([C@@H](C)NC(=O)C2CCN(Cc3ccc(Cl)cc3Cl)CC2)cc1C. The van der Waals surface area contributed by atoms with E-state index in [-0.39, 0.29) is 17.9 Å². The van der Waals surface area contributed by atoms with Crippen LogP contribution in [0.15, 0.2) is 30.3 Å². The summed E-state index contributed by atoms with van der Waals surface area (Å²) in [6, 6.07) is 10.1. The first-order valence-corrected chi connectivity index (χ1v) is 11.0. The minimum atomic E-state index is 0.0210. The van der Waals surface area contributed by atoms with Crippen molar-refractivity contribution in [1.82, 2.24) is 10.2 Å². The van der Waals surface area contributed by atoms with Crippen LogP contribution in [0.3, 0.4) is 0 Å². The number of aryl methyl sites for hydroxylation is 3. The Morgan fingerprint density at radius 1 is 1.07 bits per heavy atom. The van der Waals surface area contributed by atoms with Crippen LogP contribution in [0.5, 0.6) is 0 Å². The molecular formula is C24H30Cl2N2O. The number of halogens is 2. The number of nitrogens with one attached hydrogen (secondary N) is 1. The number of hydrogen-bond acceptors (Lipinski definition) is 2. The quantitative estimate of drug-likeness (QED) is 0.627.